The molecule has 0 unspecified atom stereocenters. The predicted octanol–water partition coefficient (Wildman–Crippen LogP) is 1.12. The van der Waals surface area contributed by atoms with Gasteiger partial charge in [0, 0.05) is 46.5 Å². The third-order valence-electron chi connectivity index (χ3n) is 3.20. The summed E-state index contributed by atoms with van der Waals surface area (Å²) in [5.41, 5.74) is 8.16. The minimum atomic E-state index is -0.143. The van der Waals surface area contributed by atoms with Crippen molar-refractivity contribution in [3.63, 3.8) is 0 Å². The number of nitrogens with zero attached hydrogens (tertiary/aromatic N) is 1. The molecule has 6 heteroatoms. The minimum absolute atomic E-state index is 0.143. The molecule has 0 fully saturated rings. The van der Waals surface area contributed by atoms with Gasteiger partial charge < -0.3 is 25.4 Å². The standard InChI is InChI=1S/C15H25N3O3/c1-17-15(19)12-5-6-14(13(16)11-12)18(8-10-21-3)7-4-9-20-2/h5-6,11H,4,7-10,16H2,1-3H3,(H,17,19). The number of nitrogens with two attached hydrogens (primary N) is 1. The zero-order valence-corrected chi connectivity index (χ0v) is 13.0. The van der Waals surface area contributed by atoms with Gasteiger partial charge in [-0.15, -0.1) is 0 Å². The number of nitrogens with one attached hydrogen (secondary N) is 1. The number of ether oxygens (including phenoxy) is 2. The summed E-state index contributed by atoms with van der Waals surface area (Å²) in [6, 6.07) is 5.35. The van der Waals surface area contributed by atoms with Crippen LogP contribution in [-0.2, 0) is 9.47 Å². The van der Waals surface area contributed by atoms with E-state index < -0.39 is 0 Å². The summed E-state index contributed by atoms with van der Waals surface area (Å²) in [6.45, 7) is 2.87. The molecule has 1 aromatic carbocycles. The third-order valence-corrected chi connectivity index (χ3v) is 3.20. The molecule has 1 aromatic rings. The van der Waals surface area contributed by atoms with Crippen LogP contribution < -0.4 is 16.0 Å². The molecule has 3 N–H and O–H groups in total. The first-order valence-corrected chi connectivity index (χ1v) is 6.98. The van der Waals surface area contributed by atoms with Gasteiger partial charge in [-0.2, -0.15) is 0 Å². The highest BCUT2D eigenvalue weighted by atomic mass is 16.5. The average molecular weight is 295 g/mol. The topological polar surface area (TPSA) is 76.8 Å². The van der Waals surface area contributed by atoms with Gasteiger partial charge in [0.15, 0.2) is 0 Å². The van der Waals surface area contributed by atoms with E-state index in [1.807, 2.05) is 6.07 Å². The second-order valence-corrected chi connectivity index (χ2v) is 4.68. The number of methoxy groups -OCH3 is 2. The summed E-state index contributed by atoms with van der Waals surface area (Å²) in [4.78, 5) is 13.8. The van der Waals surface area contributed by atoms with Gasteiger partial charge in [-0.25, -0.2) is 0 Å². The second kappa shape index (κ2) is 9.20. The number of anilines is 2. The minimum Gasteiger partial charge on any atom is -0.397 e. The molecule has 1 rings (SSSR count). The monoisotopic (exact) mass is 295 g/mol. The Bertz CT molecular complexity index is 452. The lowest BCUT2D eigenvalue weighted by atomic mass is 10.1. The lowest BCUT2D eigenvalue weighted by Gasteiger charge is -2.26. The summed E-state index contributed by atoms with van der Waals surface area (Å²) in [6.07, 6.45) is 0.900. The van der Waals surface area contributed by atoms with Crippen LogP contribution in [0.5, 0.6) is 0 Å². The van der Waals surface area contributed by atoms with Gasteiger partial charge in [0.1, 0.15) is 0 Å². The molecule has 0 radical (unpaired) electrons. The largest absolute Gasteiger partial charge is 0.397 e. The highest BCUT2D eigenvalue weighted by molar-refractivity contribution is 5.96. The zero-order chi connectivity index (χ0) is 15.7. The molecule has 0 spiro atoms. The van der Waals surface area contributed by atoms with Gasteiger partial charge in [-0.1, -0.05) is 0 Å². The van der Waals surface area contributed by atoms with Crippen molar-refractivity contribution >= 4 is 17.3 Å². The Balaban J connectivity index is 2.87. The van der Waals surface area contributed by atoms with E-state index in [4.69, 9.17) is 15.2 Å². The van der Waals surface area contributed by atoms with Crippen molar-refractivity contribution in [1.29, 1.82) is 0 Å². The molecule has 0 heterocycles. The summed E-state index contributed by atoms with van der Waals surface area (Å²) in [7, 11) is 4.96. The number of amides is 1. The van der Waals surface area contributed by atoms with Crippen LogP contribution in [0.15, 0.2) is 18.2 Å². The number of hydrogen-bond donors (Lipinski definition) is 2. The molecular formula is C15H25N3O3. The molecule has 0 aliphatic carbocycles. The maximum atomic E-state index is 11.6. The highest BCUT2D eigenvalue weighted by Crippen LogP contribution is 2.24. The average Bonchev–Trinajstić information content (AvgIpc) is 2.50. The van der Waals surface area contributed by atoms with E-state index in [1.54, 1.807) is 33.4 Å². The summed E-state index contributed by atoms with van der Waals surface area (Å²) >= 11 is 0. The van der Waals surface area contributed by atoms with Crippen molar-refractivity contribution < 1.29 is 14.3 Å². The fourth-order valence-electron chi connectivity index (χ4n) is 2.08. The highest BCUT2D eigenvalue weighted by Gasteiger charge is 2.12. The number of benzene rings is 1. The molecule has 0 aliphatic heterocycles. The first kappa shape index (κ1) is 17.3. The van der Waals surface area contributed by atoms with Crippen molar-refractivity contribution in [2.45, 2.75) is 6.42 Å². The van der Waals surface area contributed by atoms with Crippen LogP contribution in [0.2, 0.25) is 0 Å². The fourth-order valence-corrected chi connectivity index (χ4v) is 2.08. The van der Waals surface area contributed by atoms with Crippen molar-refractivity contribution in [1.82, 2.24) is 5.32 Å². The molecule has 0 aliphatic rings. The summed E-state index contributed by atoms with van der Waals surface area (Å²) < 4.78 is 10.2. The zero-order valence-electron chi connectivity index (χ0n) is 13.0. The van der Waals surface area contributed by atoms with Crippen molar-refractivity contribution in [2.75, 3.05) is 58.2 Å². The molecule has 0 atom stereocenters. The molecule has 0 saturated carbocycles. The van der Waals surface area contributed by atoms with E-state index in [0.717, 1.165) is 25.2 Å². The molecule has 0 saturated heterocycles. The Kier molecular flexibility index (Phi) is 7.56. The molecule has 0 aromatic heterocycles. The molecule has 1 amide bonds. The maximum absolute atomic E-state index is 11.6. The van der Waals surface area contributed by atoms with Gasteiger partial charge >= 0.3 is 0 Å². The quantitative estimate of drug-likeness (QED) is 0.527. The Morgan fingerprint density at radius 3 is 2.52 bits per heavy atom. The number of carbonyl (C=O) groups excluding carboxylic acids is 1. The van der Waals surface area contributed by atoms with E-state index in [2.05, 4.69) is 10.2 Å². The third kappa shape index (κ3) is 5.24. The lowest BCUT2D eigenvalue weighted by Crippen LogP contribution is -2.30. The van der Waals surface area contributed by atoms with Crippen LogP contribution in [-0.4, -0.2) is 53.5 Å². The van der Waals surface area contributed by atoms with Crippen LogP contribution in [0.25, 0.3) is 0 Å². The molecule has 118 valence electrons. The van der Waals surface area contributed by atoms with Crippen LogP contribution in [0.4, 0.5) is 11.4 Å². The first-order chi connectivity index (χ1) is 10.1. The van der Waals surface area contributed by atoms with Gasteiger partial charge in [0.05, 0.1) is 18.0 Å². The number of rotatable bonds is 9. The van der Waals surface area contributed by atoms with E-state index in [-0.39, 0.29) is 5.91 Å². The predicted molar refractivity (Wildman–Crippen MR) is 84.8 cm³/mol. The first-order valence-electron chi connectivity index (χ1n) is 6.98. The SMILES string of the molecule is CNC(=O)c1ccc(N(CCCOC)CCOC)c(N)c1. The van der Waals surface area contributed by atoms with E-state index >= 15 is 0 Å². The number of carbonyl (C=O) groups is 1. The molecule has 21 heavy (non-hydrogen) atoms. The number of hydrogen-bond acceptors (Lipinski definition) is 5. The van der Waals surface area contributed by atoms with E-state index in [9.17, 15) is 4.79 Å². The fraction of sp³-hybridized carbons (Fsp3) is 0.533. The molecule has 6 nitrogen and oxygen atoms in total. The van der Waals surface area contributed by atoms with Gasteiger partial charge in [-0.3, -0.25) is 4.79 Å². The molecule has 0 bridgehead atoms. The van der Waals surface area contributed by atoms with Crippen molar-refractivity contribution in [2.24, 2.45) is 0 Å². The normalized spacial score (nSPS) is 10.4. The van der Waals surface area contributed by atoms with Crippen LogP contribution >= 0.6 is 0 Å². The van der Waals surface area contributed by atoms with Gasteiger partial charge in [-0.05, 0) is 24.6 Å². The van der Waals surface area contributed by atoms with Gasteiger partial charge in [0.2, 0.25) is 0 Å². The van der Waals surface area contributed by atoms with Gasteiger partial charge in [0.25, 0.3) is 5.91 Å². The lowest BCUT2D eigenvalue weighted by molar-refractivity contribution is 0.0963. The summed E-state index contributed by atoms with van der Waals surface area (Å²) in [5.74, 6) is -0.143. The smallest absolute Gasteiger partial charge is 0.251 e. The Hall–Kier alpha value is -1.79. The van der Waals surface area contributed by atoms with Crippen LogP contribution in [0, 0.1) is 0 Å². The van der Waals surface area contributed by atoms with E-state index in [1.165, 1.54) is 0 Å². The van der Waals surface area contributed by atoms with E-state index in [0.29, 0.717) is 24.5 Å². The summed E-state index contributed by atoms with van der Waals surface area (Å²) in [5, 5.41) is 2.59. The number of nitrogen functional groups attached to an aromatic ring is 1. The Labute approximate surface area is 126 Å². The Morgan fingerprint density at radius 1 is 1.24 bits per heavy atom. The second-order valence-electron chi connectivity index (χ2n) is 4.68. The Morgan fingerprint density at radius 2 is 1.95 bits per heavy atom. The molecular weight excluding hydrogens is 270 g/mol. The van der Waals surface area contributed by atoms with Crippen molar-refractivity contribution in [3.8, 4) is 0 Å². The maximum Gasteiger partial charge on any atom is 0.251 e. The van der Waals surface area contributed by atoms with Crippen LogP contribution in [0.3, 0.4) is 0 Å². The van der Waals surface area contributed by atoms with Crippen molar-refractivity contribution in [3.05, 3.63) is 23.8 Å². The van der Waals surface area contributed by atoms with Crippen LogP contribution in [0.1, 0.15) is 16.8 Å².